The van der Waals surface area contributed by atoms with Crippen LogP contribution in [0.25, 0.3) is 5.69 Å². The van der Waals surface area contributed by atoms with Gasteiger partial charge in [0.1, 0.15) is 24.2 Å². The lowest BCUT2D eigenvalue weighted by Gasteiger charge is -2.42. The molecule has 2 heterocycles. The third-order valence-electron chi connectivity index (χ3n) is 6.70. The van der Waals surface area contributed by atoms with Gasteiger partial charge in [-0.3, -0.25) is 4.79 Å². The number of aryl methyl sites for hydroxylation is 1. The summed E-state index contributed by atoms with van der Waals surface area (Å²) in [6, 6.07) is 11.8. The molecule has 180 valence electrons. The lowest BCUT2D eigenvalue weighted by Crippen LogP contribution is -2.70. The number of halogens is 1. The van der Waals surface area contributed by atoms with Crippen molar-refractivity contribution in [1.29, 1.82) is 0 Å². The highest BCUT2D eigenvalue weighted by molar-refractivity contribution is 5.99. The fourth-order valence-corrected chi connectivity index (χ4v) is 5.18. The minimum absolute atomic E-state index is 0.00105. The Morgan fingerprint density at radius 2 is 1.97 bits per heavy atom. The lowest BCUT2D eigenvalue weighted by molar-refractivity contribution is -0.127. The number of amides is 3. The Morgan fingerprint density at radius 3 is 2.49 bits per heavy atom. The lowest BCUT2D eigenvalue weighted by atomic mass is 9.83. The third-order valence-corrected chi connectivity index (χ3v) is 6.70. The number of ether oxygens (including phenoxy) is 1. The normalized spacial score (nSPS) is 23.7. The van der Waals surface area contributed by atoms with E-state index >= 15 is 4.39 Å². The molecule has 9 heteroatoms. The summed E-state index contributed by atoms with van der Waals surface area (Å²) >= 11 is 0. The van der Waals surface area contributed by atoms with Crippen molar-refractivity contribution >= 4 is 17.6 Å². The van der Waals surface area contributed by atoms with Crippen LogP contribution in [0.1, 0.15) is 30.2 Å². The van der Waals surface area contributed by atoms with Crippen LogP contribution < -0.4 is 16.0 Å². The van der Waals surface area contributed by atoms with E-state index in [1.165, 1.54) is 16.8 Å². The summed E-state index contributed by atoms with van der Waals surface area (Å²) in [5.41, 5.74) is 12.3. The molecule has 2 aromatic carbocycles. The number of carbonyl (C=O) groups excluding carboxylic acids is 2. The van der Waals surface area contributed by atoms with E-state index in [9.17, 15) is 9.59 Å². The molecular formula is C26H27FN5O3+. The maximum absolute atomic E-state index is 15.9. The van der Waals surface area contributed by atoms with Gasteiger partial charge in [0.2, 0.25) is 5.54 Å². The molecule has 3 atom stereocenters. The third kappa shape index (κ3) is 3.67. The molecule has 0 spiro atoms. The van der Waals surface area contributed by atoms with Crippen LogP contribution in [0.5, 0.6) is 0 Å². The average molecular weight is 477 g/mol. The Morgan fingerprint density at radius 1 is 1.26 bits per heavy atom. The predicted octanol–water partition coefficient (Wildman–Crippen LogP) is 2.88. The molecule has 4 N–H and O–H groups in total. The van der Waals surface area contributed by atoms with E-state index in [2.05, 4.69) is 11.0 Å². The highest BCUT2D eigenvalue weighted by Gasteiger charge is 2.69. The largest absolute Gasteiger partial charge is 0.420 e. The van der Waals surface area contributed by atoms with E-state index in [-0.39, 0.29) is 18.5 Å². The van der Waals surface area contributed by atoms with E-state index < -0.39 is 33.9 Å². The summed E-state index contributed by atoms with van der Waals surface area (Å²) in [5, 5.41) is 4.30. The number of nitrogens with two attached hydrogens (primary N) is 2. The molecule has 1 aliphatic heterocycles. The first-order valence-corrected chi connectivity index (χ1v) is 11.2. The summed E-state index contributed by atoms with van der Waals surface area (Å²) in [7, 11) is 0. The summed E-state index contributed by atoms with van der Waals surface area (Å²) in [6.45, 7) is 3.95. The predicted molar refractivity (Wildman–Crippen MR) is 130 cm³/mol. The first-order valence-electron chi connectivity index (χ1n) is 11.2. The fraction of sp³-hybridized carbons (Fsp3) is 0.269. The number of likely N-dealkylation sites (tertiary alicyclic amines) is 1. The van der Waals surface area contributed by atoms with Gasteiger partial charge in [-0.1, -0.05) is 5.92 Å². The van der Waals surface area contributed by atoms with E-state index in [0.717, 1.165) is 5.69 Å². The molecule has 1 saturated heterocycles. The molecule has 1 aliphatic rings. The van der Waals surface area contributed by atoms with Crippen LogP contribution in [0, 0.1) is 25.1 Å². The summed E-state index contributed by atoms with van der Waals surface area (Å²) in [5.74, 6) is 0.915. The van der Waals surface area contributed by atoms with Crippen molar-refractivity contribution in [1.82, 2.24) is 14.3 Å². The van der Waals surface area contributed by atoms with Crippen LogP contribution in [0.4, 0.5) is 14.9 Å². The van der Waals surface area contributed by atoms with Crippen molar-refractivity contribution in [3.05, 3.63) is 77.4 Å². The van der Waals surface area contributed by atoms with Crippen molar-refractivity contribution in [3.63, 3.8) is 0 Å². The highest BCUT2D eigenvalue weighted by atomic mass is 19.1. The van der Waals surface area contributed by atoms with Gasteiger partial charge in [0.05, 0.1) is 16.9 Å². The highest BCUT2D eigenvalue weighted by Crippen LogP contribution is 2.50. The Bertz CT molecular complexity index is 1330. The van der Waals surface area contributed by atoms with Gasteiger partial charge in [-0.2, -0.15) is 9.58 Å². The molecule has 1 fully saturated rings. The number of hydrogen-bond donors (Lipinski definition) is 2. The van der Waals surface area contributed by atoms with Crippen LogP contribution in [-0.4, -0.2) is 41.0 Å². The van der Waals surface area contributed by atoms with Crippen LogP contribution in [-0.2, 0) is 15.1 Å². The van der Waals surface area contributed by atoms with Crippen LogP contribution in [0.2, 0.25) is 0 Å². The number of hydrogen-bond acceptors (Lipinski definition) is 4. The number of carbonyl (C=O) groups is 2. The zero-order valence-electron chi connectivity index (χ0n) is 19.6. The van der Waals surface area contributed by atoms with Gasteiger partial charge in [-0.15, -0.1) is 6.42 Å². The van der Waals surface area contributed by atoms with E-state index in [1.807, 2.05) is 6.92 Å². The zero-order valence-corrected chi connectivity index (χ0v) is 19.6. The van der Waals surface area contributed by atoms with Crippen molar-refractivity contribution in [2.45, 2.75) is 31.9 Å². The number of terminal acetylenes is 1. The number of urea groups is 1. The van der Waals surface area contributed by atoms with E-state index in [1.54, 1.807) is 49.5 Å². The van der Waals surface area contributed by atoms with Gasteiger partial charge in [0, 0.05) is 43.0 Å². The molecular weight excluding hydrogens is 449 g/mol. The smallest absolute Gasteiger partial charge is 0.372 e. The van der Waals surface area contributed by atoms with Gasteiger partial charge in [-0.25, -0.2) is 13.9 Å². The fourth-order valence-electron chi connectivity index (χ4n) is 5.18. The van der Waals surface area contributed by atoms with Gasteiger partial charge in [0.25, 0.3) is 5.91 Å². The molecule has 8 nitrogen and oxygen atoms in total. The van der Waals surface area contributed by atoms with E-state index in [4.69, 9.17) is 22.6 Å². The number of aromatic nitrogens is 2. The first kappa shape index (κ1) is 24.1. The first-order chi connectivity index (χ1) is 16.7. The van der Waals surface area contributed by atoms with Crippen molar-refractivity contribution in [3.8, 4) is 18.0 Å². The molecule has 0 saturated carbocycles. The molecule has 0 aliphatic carbocycles. The van der Waals surface area contributed by atoms with Crippen LogP contribution in [0.3, 0.4) is 0 Å². The monoisotopic (exact) mass is 476 g/mol. The van der Waals surface area contributed by atoms with Crippen molar-refractivity contribution in [2.24, 2.45) is 11.5 Å². The van der Waals surface area contributed by atoms with Crippen LogP contribution >= 0.6 is 0 Å². The quantitative estimate of drug-likeness (QED) is 0.421. The second-order valence-corrected chi connectivity index (χ2v) is 8.59. The number of rotatable bonds is 6. The van der Waals surface area contributed by atoms with Gasteiger partial charge >= 0.3 is 6.03 Å². The maximum Gasteiger partial charge on any atom is 0.420 e. The minimum atomic E-state index is -1.86. The molecule has 3 amide bonds. The Labute approximate surface area is 202 Å². The number of benzene rings is 2. The number of quaternary nitrogens is 1. The molecule has 35 heavy (non-hydrogen) atoms. The summed E-state index contributed by atoms with van der Waals surface area (Å²) in [4.78, 5) is 26.6. The molecule has 0 radical (unpaired) electrons. The van der Waals surface area contributed by atoms with Gasteiger partial charge < -0.3 is 16.2 Å². The van der Waals surface area contributed by atoms with Crippen molar-refractivity contribution < 1.29 is 18.7 Å². The molecule has 1 aromatic heterocycles. The Hall–Kier alpha value is -4.00. The summed E-state index contributed by atoms with van der Waals surface area (Å²) in [6.07, 6.45) is 6.57. The Balaban J connectivity index is 1.98. The van der Waals surface area contributed by atoms with Crippen molar-refractivity contribution in [2.75, 3.05) is 13.2 Å². The van der Waals surface area contributed by atoms with E-state index in [0.29, 0.717) is 23.5 Å². The second-order valence-electron chi connectivity index (χ2n) is 8.59. The van der Waals surface area contributed by atoms with Gasteiger partial charge in [0.15, 0.2) is 0 Å². The molecule has 0 bridgehead atoms. The molecule has 3 aromatic rings. The topological polar surface area (TPSA) is 113 Å². The number of nitrogens with zero attached hydrogens (tertiary/aromatic N) is 3. The number of primary amides is 2. The SMILES string of the molecule is C#Cc1ccc([N+]2(C(N)=O)C[C@H](OCC)C[C@]2(C(N)=O)c2ccc(-n3ccc(C)n3)cc2F)cc1. The van der Waals surface area contributed by atoms with Gasteiger partial charge in [-0.05, 0) is 44.2 Å². The zero-order chi connectivity index (χ0) is 25.4. The molecule has 4 rings (SSSR count). The summed E-state index contributed by atoms with van der Waals surface area (Å²) < 4.78 is 22.5. The second kappa shape index (κ2) is 8.98. The average Bonchev–Trinajstić information content (AvgIpc) is 3.42. The maximum atomic E-state index is 15.9. The van der Waals surface area contributed by atoms with Crippen LogP contribution in [0.15, 0.2) is 54.7 Å². The molecule has 1 unspecified atom stereocenters. The minimum Gasteiger partial charge on any atom is -0.372 e. The Kier molecular flexibility index (Phi) is 6.19. The standard InChI is InChI=1S/C26H26FN5O3/c1-4-18-6-9-20(10-7-18)32(25(29)34)16-21(35-5-2)15-26(32,24(28)33)22-11-8-19(14-23(22)27)31-13-12-17(3)30-31/h1,6-14,21H,5,15-16H2,2-3H3,(H3-,28,29,33,34)/p+1/t21-,26-,32?/m1/s1.